The maximum Gasteiger partial charge on any atom is 0.416 e. The number of rotatable bonds is 7. The molecule has 1 fully saturated rings. The molecule has 250 valence electrons. The number of amides is 2. The summed E-state index contributed by atoms with van der Waals surface area (Å²) in [6.45, 7) is 3.22. The predicted molar refractivity (Wildman–Crippen MR) is 176 cm³/mol. The molecule has 0 spiro atoms. The molecule has 0 saturated heterocycles. The molecule has 10 heteroatoms. The van der Waals surface area contributed by atoms with Crippen LogP contribution in [0, 0.1) is 24.5 Å². The number of alkyl halides is 3. The van der Waals surface area contributed by atoms with Gasteiger partial charge in [-0.3, -0.25) is 14.5 Å². The van der Waals surface area contributed by atoms with Crippen LogP contribution in [0.5, 0.6) is 0 Å². The van der Waals surface area contributed by atoms with E-state index in [0.29, 0.717) is 28.4 Å². The second-order valence-corrected chi connectivity index (χ2v) is 12.6. The number of halogens is 5. The smallest absolute Gasteiger partial charge is 0.382 e. The standard InChI is InChI=1S/C38H36F5N3O2/c1-3-23-11-17-29(21-31(23)38(41,42)43)45-36(47)30-20-25-19-26(39)14-18-33(25)46(37(48)34-22(2)7-6-10-32(34)40)35(30)24-12-15-28(16-13-24)44-27-8-4-5-9-27/h6-7,10-19,21,27,30,35,44H,3-5,8-9,20H2,1-2H3,(H,45,47)/t30-,35-/m0/s1. The minimum atomic E-state index is -4.63. The molecule has 1 heterocycles. The Kier molecular flexibility index (Phi) is 9.27. The van der Waals surface area contributed by atoms with Crippen LogP contribution < -0.4 is 15.5 Å². The summed E-state index contributed by atoms with van der Waals surface area (Å²) in [4.78, 5) is 30.0. The van der Waals surface area contributed by atoms with Gasteiger partial charge in [-0.15, -0.1) is 0 Å². The second-order valence-electron chi connectivity index (χ2n) is 12.6. The predicted octanol–water partition coefficient (Wildman–Crippen LogP) is 9.41. The quantitative estimate of drug-likeness (QED) is 0.194. The average Bonchev–Trinajstić information content (AvgIpc) is 3.56. The lowest BCUT2D eigenvalue weighted by Crippen LogP contribution is -2.47. The van der Waals surface area contributed by atoms with E-state index in [9.17, 15) is 27.2 Å². The third kappa shape index (κ3) is 6.66. The molecule has 1 aliphatic carbocycles. The van der Waals surface area contributed by atoms with Crippen molar-refractivity contribution >= 4 is 28.9 Å². The summed E-state index contributed by atoms with van der Waals surface area (Å²) in [6.07, 6.45) is -0.108. The van der Waals surface area contributed by atoms with Crippen LogP contribution in [0.1, 0.15) is 76.8 Å². The number of carbonyl (C=O) groups is 2. The van der Waals surface area contributed by atoms with Gasteiger partial charge in [-0.05, 0) is 103 Å². The lowest BCUT2D eigenvalue weighted by molar-refractivity contribution is -0.138. The number of aryl methyl sites for hydroxylation is 2. The normalized spacial score (nSPS) is 18.0. The Bertz CT molecular complexity index is 1810. The molecule has 0 unspecified atom stereocenters. The highest BCUT2D eigenvalue weighted by molar-refractivity contribution is 6.09. The van der Waals surface area contributed by atoms with Crippen molar-refractivity contribution in [1.29, 1.82) is 0 Å². The molecular formula is C38H36F5N3O2. The van der Waals surface area contributed by atoms with Crippen LogP contribution in [0.2, 0.25) is 0 Å². The molecule has 48 heavy (non-hydrogen) atoms. The summed E-state index contributed by atoms with van der Waals surface area (Å²) in [5.41, 5.74) is 1.43. The average molecular weight is 662 g/mol. The number of hydrogen-bond donors (Lipinski definition) is 2. The Morgan fingerprint density at radius 1 is 0.896 bits per heavy atom. The van der Waals surface area contributed by atoms with Gasteiger partial charge in [0.05, 0.1) is 23.1 Å². The van der Waals surface area contributed by atoms with Crippen molar-refractivity contribution in [3.05, 3.63) is 124 Å². The third-order valence-electron chi connectivity index (χ3n) is 9.43. The van der Waals surface area contributed by atoms with Gasteiger partial charge >= 0.3 is 6.18 Å². The van der Waals surface area contributed by atoms with Crippen molar-refractivity contribution in [2.75, 3.05) is 15.5 Å². The highest BCUT2D eigenvalue weighted by Gasteiger charge is 2.44. The van der Waals surface area contributed by atoms with Crippen molar-refractivity contribution in [3.63, 3.8) is 0 Å². The number of fused-ring (bicyclic) bond motifs is 1. The van der Waals surface area contributed by atoms with Crippen LogP contribution in [0.25, 0.3) is 0 Å². The summed E-state index contributed by atoms with van der Waals surface area (Å²) in [5.74, 6) is -3.80. The number of anilines is 3. The summed E-state index contributed by atoms with van der Waals surface area (Å²) in [6, 6.07) is 18.4. The van der Waals surface area contributed by atoms with Crippen molar-refractivity contribution in [2.24, 2.45) is 5.92 Å². The Morgan fingerprint density at radius 2 is 1.60 bits per heavy atom. The van der Waals surface area contributed by atoms with Crippen LogP contribution in [0.15, 0.2) is 78.9 Å². The first-order chi connectivity index (χ1) is 22.9. The molecule has 0 radical (unpaired) electrons. The Hall–Kier alpha value is -4.73. The summed E-state index contributed by atoms with van der Waals surface area (Å²) in [5, 5.41) is 6.16. The highest BCUT2D eigenvalue weighted by Crippen LogP contribution is 2.45. The van der Waals surface area contributed by atoms with Gasteiger partial charge in [0.1, 0.15) is 11.6 Å². The first kappa shape index (κ1) is 33.2. The topological polar surface area (TPSA) is 61.4 Å². The zero-order chi connectivity index (χ0) is 34.2. The number of benzene rings is 4. The van der Waals surface area contributed by atoms with Gasteiger partial charge in [-0.2, -0.15) is 13.2 Å². The Balaban J connectivity index is 1.45. The molecule has 2 amide bonds. The Labute approximate surface area is 276 Å². The van der Waals surface area contributed by atoms with Gasteiger partial charge in [0.25, 0.3) is 5.91 Å². The molecule has 2 N–H and O–H groups in total. The van der Waals surface area contributed by atoms with E-state index in [1.54, 1.807) is 32.0 Å². The van der Waals surface area contributed by atoms with Crippen LogP contribution in [-0.2, 0) is 23.8 Å². The van der Waals surface area contributed by atoms with E-state index in [1.807, 2.05) is 12.1 Å². The largest absolute Gasteiger partial charge is 0.416 e. The molecule has 2 atom stereocenters. The first-order valence-electron chi connectivity index (χ1n) is 16.2. The second kappa shape index (κ2) is 13.4. The molecule has 2 aliphatic rings. The fraction of sp³-hybridized carbons (Fsp3) is 0.316. The zero-order valence-corrected chi connectivity index (χ0v) is 26.6. The molecule has 1 saturated carbocycles. The van der Waals surface area contributed by atoms with E-state index >= 15 is 4.39 Å². The molecule has 1 aliphatic heterocycles. The number of carbonyl (C=O) groups excluding carboxylic acids is 2. The molecule has 6 rings (SSSR count). The zero-order valence-electron chi connectivity index (χ0n) is 26.6. The summed E-state index contributed by atoms with van der Waals surface area (Å²) in [7, 11) is 0. The van der Waals surface area contributed by atoms with Crippen LogP contribution in [0.3, 0.4) is 0 Å². The van der Waals surface area contributed by atoms with Crippen LogP contribution >= 0.6 is 0 Å². The van der Waals surface area contributed by atoms with Crippen molar-refractivity contribution < 1.29 is 31.5 Å². The van der Waals surface area contributed by atoms with Crippen molar-refractivity contribution in [2.45, 2.75) is 70.6 Å². The SMILES string of the molecule is CCc1ccc(NC(=O)[C@H]2Cc3cc(F)ccc3N(C(=O)c3c(C)cccc3F)[C@H]2c2ccc(NC3CCCC3)cc2)cc1C(F)(F)F. The lowest BCUT2D eigenvalue weighted by atomic mass is 9.80. The van der Waals surface area contributed by atoms with E-state index in [-0.39, 0.29) is 29.7 Å². The minimum Gasteiger partial charge on any atom is -0.382 e. The monoisotopic (exact) mass is 661 g/mol. The molecule has 0 bridgehead atoms. The van der Waals surface area contributed by atoms with Gasteiger partial charge in [-0.25, -0.2) is 8.78 Å². The maximum absolute atomic E-state index is 15.3. The number of nitrogens with zero attached hydrogens (tertiary/aromatic N) is 1. The van der Waals surface area contributed by atoms with E-state index in [1.165, 1.54) is 47.4 Å². The fourth-order valence-electron chi connectivity index (χ4n) is 7.05. The third-order valence-corrected chi connectivity index (χ3v) is 9.43. The highest BCUT2D eigenvalue weighted by atomic mass is 19.4. The van der Waals surface area contributed by atoms with Crippen LogP contribution in [-0.4, -0.2) is 17.9 Å². The van der Waals surface area contributed by atoms with Gasteiger partial charge < -0.3 is 10.6 Å². The number of hydrogen-bond acceptors (Lipinski definition) is 3. The lowest BCUT2D eigenvalue weighted by Gasteiger charge is -2.42. The molecular weight excluding hydrogens is 625 g/mol. The van der Waals surface area contributed by atoms with Gasteiger partial charge in [0.2, 0.25) is 5.91 Å². The van der Waals surface area contributed by atoms with Crippen molar-refractivity contribution in [1.82, 2.24) is 0 Å². The van der Waals surface area contributed by atoms with Gasteiger partial charge in [0, 0.05) is 23.1 Å². The Morgan fingerprint density at radius 3 is 2.27 bits per heavy atom. The number of nitrogens with one attached hydrogen (secondary N) is 2. The van der Waals surface area contributed by atoms with Gasteiger partial charge in [-0.1, -0.05) is 50.1 Å². The van der Waals surface area contributed by atoms with E-state index in [4.69, 9.17) is 0 Å². The summed E-state index contributed by atoms with van der Waals surface area (Å²) < 4.78 is 71.6. The van der Waals surface area contributed by atoms with Crippen LogP contribution in [0.4, 0.5) is 39.0 Å². The minimum absolute atomic E-state index is 0.0229. The fourth-order valence-corrected chi connectivity index (χ4v) is 7.05. The molecule has 0 aromatic heterocycles. The molecule has 4 aromatic rings. The van der Waals surface area contributed by atoms with Gasteiger partial charge in [0.15, 0.2) is 0 Å². The molecule has 4 aromatic carbocycles. The molecule has 5 nitrogen and oxygen atoms in total. The maximum atomic E-state index is 15.3. The van der Waals surface area contributed by atoms with E-state index in [0.717, 1.165) is 37.4 Å². The van der Waals surface area contributed by atoms with E-state index < -0.39 is 47.1 Å². The summed E-state index contributed by atoms with van der Waals surface area (Å²) >= 11 is 0. The van der Waals surface area contributed by atoms with E-state index in [2.05, 4.69) is 10.6 Å². The van der Waals surface area contributed by atoms with Crippen molar-refractivity contribution in [3.8, 4) is 0 Å². The first-order valence-corrected chi connectivity index (χ1v) is 16.2.